The molecule has 7 heteroatoms. The van der Waals surface area contributed by atoms with Crippen LogP contribution in [-0.4, -0.2) is 40.5 Å². The maximum absolute atomic E-state index is 12.2. The van der Waals surface area contributed by atoms with Crippen molar-refractivity contribution in [2.45, 2.75) is 6.92 Å². The summed E-state index contributed by atoms with van der Waals surface area (Å²) in [4.78, 5) is 25.3. The third-order valence-electron chi connectivity index (χ3n) is 2.98. The minimum absolute atomic E-state index is 0.0843. The van der Waals surface area contributed by atoms with Crippen LogP contribution in [0.25, 0.3) is 0 Å². The number of rotatable bonds is 4. The van der Waals surface area contributed by atoms with Crippen molar-refractivity contribution in [2.75, 3.05) is 24.6 Å². The highest BCUT2D eigenvalue weighted by atomic mass is 16.2. The molecule has 0 aliphatic rings. The zero-order valence-corrected chi connectivity index (χ0v) is 11.9. The molecule has 4 N–H and O–H groups in total. The van der Waals surface area contributed by atoms with Gasteiger partial charge in [-0.2, -0.15) is 5.10 Å². The van der Waals surface area contributed by atoms with Crippen LogP contribution < -0.4 is 11.1 Å². The fourth-order valence-electron chi connectivity index (χ4n) is 1.79. The smallest absolute Gasteiger partial charge is 0.276 e. The quantitative estimate of drug-likeness (QED) is 0.780. The molecule has 7 nitrogen and oxygen atoms in total. The number of aryl methyl sites for hydroxylation is 1. The Morgan fingerprint density at radius 3 is 2.57 bits per heavy atom. The maximum Gasteiger partial charge on any atom is 0.276 e. The van der Waals surface area contributed by atoms with E-state index in [0.717, 1.165) is 0 Å². The number of nitrogen functional groups attached to an aromatic ring is 1. The van der Waals surface area contributed by atoms with Crippen LogP contribution in [0, 0.1) is 6.92 Å². The van der Waals surface area contributed by atoms with Crippen molar-refractivity contribution in [3.05, 3.63) is 41.7 Å². The molecule has 2 amide bonds. The minimum Gasteiger partial charge on any atom is -0.395 e. The Hall–Kier alpha value is -2.83. The van der Waals surface area contributed by atoms with Crippen LogP contribution in [0.3, 0.4) is 0 Å². The first-order chi connectivity index (χ1) is 9.99. The number of H-pyrrole nitrogens is 1. The lowest BCUT2D eigenvalue weighted by atomic mass is 10.3. The lowest BCUT2D eigenvalue weighted by molar-refractivity contribution is -0.116. The number of amides is 2. The van der Waals surface area contributed by atoms with Gasteiger partial charge in [0, 0.05) is 12.7 Å². The Balaban J connectivity index is 1.98. The third kappa shape index (κ3) is 3.38. The molecule has 2 aromatic rings. The van der Waals surface area contributed by atoms with E-state index in [1.165, 1.54) is 11.9 Å². The second-order valence-corrected chi connectivity index (χ2v) is 4.69. The molecule has 0 atom stereocenters. The topological polar surface area (TPSA) is 104 Å². The fraction of sp³-hybridized carbons (Fsp3) is 0.214. The number of nitrogens with two attached hydrogens (primary N) is 1. The lowest BCUT2D eigenvalue weighted by Gasteiger charge is -2.15. The lowest BCUT2D eigenvalue weighted by Crippen LogP contribution is -2.35. The number of carbonyl (C=O) groups is 2. The standard InChI is InChI=1S/C14H17N5O2/c1-9-12(15)13(18-17-9)14(21)19(2)8-11(20)16-10-6-4-3-5-7-10/h3-7H,8,15H2,1-2H3,(H,16,20)(H,17,18). The molecule has 0 aliphatic carbocycles. The van der Waals surface area contributed by atoms with Crippen LogP contribution in [0.2, 0.25) is 0 Å². The average Bonchev–Trinajstić information content (AvgIpc) is 2.79. The Kier molecular flexibility index (Phi) is 4.22. The third-order valence-corrected chi connectivity index (χ3v) is 2.98. The van der Waals surface area contributed by atoms with E-state index in [-0.39, 0.29) is 18.1 Å². The molecular formula is C14H17N5O2. The molecule has 110 valence electrons. The van der Waals surface area contributed by atoms with E-state index in [2.05, 4.69) is 15.5 Å². The van der Waals surface area contributed by atoms with Gasteiger partial charge in [-0.05, 0) is 19.1 Å². The van der Waals surface area contributed by atoms with Gasteiger partial charge < -0.3 is 16.0 Å². The van der Waals surface area contributed by atoms with Gasteiger partial charge in [0.15, 0.2) is 5.69 Å². The summed E-state index contributed by atoms with van der Waals surface area (Å²) >= 11 is 0. The molecule has 0 bridgehead atoms. The molecule has 0 aliphatic heterocycles. The van der Waals surface area contributed by atoms with Gasteiger partial charge in [0.25, 0.3) is 5.91 Å². The zero-order chi connectivity index (χ0) is 15.4. The SMILES string of the molecule is Cc1[nH]nc(C(=O)N(C)CC(=O)Nc2ccccc2)c1N. The first-order valence-electron chi connectivity index (χ1n) is 6.40. The van der Waals surface area contributed by atoms with Crippen LogP contribution in [0.15, 0.2) is 30.3 Å². The molecule has 2 rings (SSSR count). The molecule has 0 radical (unpaired) electrons. The molecule has 0 unspecified atom stereocenters. The van der Waals surface area contributed by atoms with Gasteiger partial charge in [-0.3, -0.25) is 14.7 Å². The number of benzene rings is 1. The number of carbonyl (C=O) groups excluding carboxylic acids is 2. The van der Waals surface area contributed by atoms with Gasteiger partial charge in [-0.15, -0.1) is 0 Å². The largest absolute Gasteiger partial charge is 0.395 e. The van der Waals surface area contributed by atoms with Crippen LogP contribution in [-0.2, 0) is 4.79 Å². The Labute approximate surface area is 122 Å². The maximum atomic E-state index is 12.2. The summed E-state index contributed by atoms with van der Waals surface area (Å²) in [6.45, 7) is 1.64. The van der Waals surface area contributed by atoms with E-state index < -0.39 is 5.91 Å². The van der Waals surface area contributed by atoms with Gasteiger partial charge in [-0.25, -0.2) is 0 Å². The number of nitrogens with zero attached hydrogens (tertiary/aromatic N) is 2. The van der Waals surface area contributed by atoms with E-state index in [1.54, 1.807) is 19.1 Å². The van der Waals surface area contributed by atoms with Gasteiger partial charge in [-0.1, -0.05) is 18.2 Å². The summed E-state index contributed by atoms with van der Waals surface area (Å²) in [6.07, 6.45) is 0. The van der Waals surface area contributed by atoms with E-state index in [1.807, 2.05) is 18.2 Å². The second-order valence-electron chi connectivity index (χ2n) is 4.69. The van der Waals surface area contributed by atoms with Gasteiger partial charge in [0.1, 0.15) is 0 Å². The summed E-state index contributed by atoms with van der Waals surface area (Å²) in [5.41, 5.74) is 7.49. The Morgan fingerprint density at radius 1 is 1.33 bits per heavy atom. The Morgan fingerprint density at radius 2 is 2.00 bits per heavy atom. The predicted molar refractivity (Wildman–Crippen MR) is 79.8 cm³/mol. The number of aromatic amines is 1. The van der Waals surface area contributed by atoms with Crippen LogP contribution >= 0.6 is 0 Å². The minimum atomic E-state index is -0.403. The number of hydrogen-bond donors (Lipinski definition) is 3. The summed E-state index contributed by atoms with van der Waals surface area (Å²) in [6, 6.07) is 9.03. The molecule has 0 fully saturated rings. The first-order valence-corrected chi connectivity index (χ1v) is 6.40. The van der Waals surface area contributed by atoms with Crippen LogP contribution in [0.1, 0.15) is 16.2 Å². The molecule has 21 heavy (non-hydrogen) atoms. The zero-order valence-electron chi connectivity index (χ0n) is 11.9. The summed E-state index contributed by atoms with van der Waals surface area (Å²) < 4.78 is 0. The number of anilines is 2. The van der Waals surface area contributed by atoms with Crippen molar-refractivity contribution in [1.29, 1.82) is 0 Å². The number of hydrogen-bond acceptors (Lipinski definition) is 4. The van der Waals surface area contributed by atoms with Crippen molar-refractivity contribution in [2.24, 2.45) is 0 Å². The molecular weight excluding hydrogens is 270 g/mol. The van der Waals surface area contributed by atoms with Crippen LogP contribution in [0.4, 0.5) is 11.4 Å². The normalized spacial score (nSPS) is 10.2. The van der Waals surface area contributed by atoms with Gasteiger partial charge in [0.2, 0.25) is 5.91 Å². The molecule has 1 aromatic heterocycles. The number of nitrogens with one attached hydrogen (secondary N) is 2. The number of likely N-dealkylation sites (N-methyl/N-ethyl adjacent to an activating group) is 1. The highest BCUT2D eigenvalue weighted by Crippen LogP contribution is 2.14. The van der Waals surface area contributed by atoms with Crippen molar-refractivity contribution in [3.8, 4) is 0 Å². The van der Waals surface area contributed by atoms with E-state index >= 15 is 0 Å². The molecule has 0 saturated carbocycles. The average molecular weight is 287 g/mol. The fourth-order valence-corrected chi connectivity index (χ4v) is 1.79. The predicted octanol–water partition coefficient (Wildman–Crippen LogP) is 1.01. The van der Waals surface area contributed by atoms with Crippen molar-refractivity contribution < 1.29 is 9.59 Å². The van der Waals surface area contributed by atoms with Crippen molar-refractivity contribution in [3.63, 3.8) is 0 Å². The molecule has 1 aromatic carbocycles. The molecule has 0 saturated heterocycles. The Bertz CT molecular complexity index is 651. The van der Waals surface area contributed by atoms with Crippen molar-refractivity contribution in [1.82, 2.24) is 15.1 Å². The van der Waals surface area contributed by atoms with E-state index in [9.17, 15) is 9.59 Å². The van der Waals surface area contributed by atoms with Gasteiger partial charge >= 0.3 is 0 Å². The second kappa shape index (κ2) is 6.08. The summed E-state index contributed by atoms with van der Waals surface area (Å²) in [5.74, 6) is -0.692. The number of aromatic nitrogens is 2. The van der Waals surface area contributed by atoms with Crippen LogP contribution in [0.5, 0.6) is 0 Å². The van der Waals surface area contributed by atoms with Crippen molar-refractivity contribution >= 4 is 23.2 Å². The van der Waals surface area contributed by atoms with Gasteiger partial charge in [0.05, 0.1) is 17.9 Å². The highest BCUT2D eigenvalue weighted by Gasteiger charge is 2.20. The molecule has 1 heterocycles. The highest BCUT2D eigenvalue weighted by molar-refractivity contribution is 6.01. The van der Waals surface area contributed by atoms with E-state index in [0.29, 0.717) is 17.1 Å². The molecule has 0 spiro atoms. The number of para-hydroxylation sites is 1. The van der Waals surface area contributed by atoms with E-state index in [4.69, 9.17) is 5.73 Å². The summed E-state index contributed by atoms with van der Waals surface area (Å²) in [7, 11) is 1.52. The first kappa shape index (κ1) is 14.6. The summed E-state index contributed by atoms with van der Waals surface area (Å²) in [5, 5.41) is 9.20. The monoisotopic (exact) mass is 287 g/mol.